The summed E-state index contributed by atoms with van der Waals surface area (Å²) < 4.78 is 24.8. The molecule has 0 amide bonds. The third-order valence-corrected chi connectivity index (χ3v) is 9.77. The predicted molar refractivity (Wildman–Crippen MR) is 138 cm³/mol. The Morgan fingerprint density at radius 1 is 0.973 bits per heavy atom. The van der Waals surface area contributed by atoms with Crippen LogP contribution in [0.2, 0.25) is 0 Å². The minimum atomic E-state index is -0.816. The summed E-state index contributed by atoms with van der Waals surface area (Å²) in [4.78, 5) is 37.6. The topological polar surface area (TPSA) is 100 Å². The Bertz CT molecular complexity index is 943. The van der Waals surface area contributed by atoms with Gasteiger partial charge in [0.2, 0.25) is 0 Å². The van der Waals surface area contributed by atoms with Gasteiger partial charge in [-0.05, 0) is 77.7 Å². The SMILES string of the molecule is CCC(C)(C)OC(=O)COC12CC3CC4(OC(=O)C(C)(CC(C)(C)C)NC)CC(OCC=O)(C1)CC32C4. The second-order valence-corrected chi connectivity index (χ2v) is 14.4. The molecule has 0 aromatic rings. The van der Waals surface area contributed by atoms with Gasteiger partial charge in [-0.25, -0.2) is 4.79 Å². The van der Waals surface area contributed by atoms with E-state index in [0.29, 0.717) is 38.0 Å². The van der Waals surface area contributed by atoms with Crippen LogP contribution in [0.1, 0.15) is 99.8 Å². The highest BCUT2D eigenvalue weighted by Gasteiger charge is 2.83. The molecule has 37 heavy (non-hydrogen) atoms. The summed E-state index contributed by atoms with van der Waals surface area (Å²) in [5.74, 6) is -0.282. The molecule has 4 aliphatic carbocycles. The molecule has 0 aliphatic heterocycles. The Labute approximate surface area is 221 Å². The maximum absolute atomic E-state index is 13.7. The maximum atomic E-state index is 13.7. The van der Waals surface area contributed by atoms with E-state index in [1.807, 2.05) is 27.7 Å². The van der Waals surface area contributed by atoms with Crippen molar-refractivity contribution in [3.05, 3.63) is 0 Å². The Morgan fingerprint density at radius 3 is 2.24 bits per heavy atom. The largest absolute Gasteiger partial charge is 0.458 e. The number of hydrogen-bond acceptors (Lipinski definition) is 8. The number of ether oxygens (including phenoxy) is 4. The molecule has 1 N–H and O–H groups in total. The van der Waals surface area contributed by atoms with Crippen molar-refractivity contribution in [3.63, 3.8) is 0 Å². The first kappa shape index (κ1) is 28.5. The average molecular weight is 522 g/mol. The number of nitrogens with one attached hydrogen (secondary N) is 1. The van der Waals surface area contributed by atoms with Crippen LogP contribution in [-0.2, 0) is 33.3 Å². The summed E-state index contributed by atoms with van der Waals surface area (Å²) in [6.45, 7) is 13.9. The number of carbonyl (C=O) groups is 3. The molecule has 0 aromatic heterocycles. The molecule has 4 saturated carbocycles. The van der Waals surface area contributed by atoms with E-state index in [1.165, 1.54) is 0 Å². The van der Waals surface area contributed by atoms with Gasteiger partial charge in [0.1, 0.15) is 36.2 Å². The van der Waals surface area contributed by atoms with Crippen LogP contribution in [0, 0.1) is 16.7 Å². The van der Waals surface area contributed by atoms with Crippen LogP contribution in [-0.4, -0.2) is 66.4 Å². The minimum Gasteiger partial charge on any atom is -0.458 e. The van der Waals surface area contributed by atoms with Gasteiger partial charge in [-0.1, -0.05) is 27.7 Å². The van der Waals surface area contributed by atoms with E-state index in [9.17, 15) is 14.4 Å². The molecule has 4 fully saturated rings. The zero-order valence-corrected chi connectivity index (χ0v) is 24.1. The molecule has 8 nitrogen and oxygen atoms in total. The third-order valence-electron chi connectivity index (χ3n) is 9.77. The Balaban J connectivity index is 1.57. The highest BCUT2D eigenvalue weighted by molar-refractivity contribution is 5.81. The zero-order chi connectivity index (χ0) is 27.5. The molecule has 1 spiro atoms. The van der Waals surface area contributed by atoms with Gasteiger partial charge in [0, 0.05) is 18.3 Å². The maximum Gasteiger partial charge on any atom is 0.332 e. The standard InChI is InChI=1S/C29H47NO7/c1-9-24(5,6)36-21(32)14-35-29-13-20-12-26(37-22(33)25(7,30-8)15-23(2,3)4)16-27(19-29,34-11-10-31)18-28(20,29)17-26/h10,20,30H,9,11-19H2,1-8H3. The van der Waals surface area contributed by atoms with E-state index in [0.717, 1.165) is 25.5 Å². The first-order valence-corrected chi connectivity index (χ1v) is 13.9. The zero-order valence-electron chi connectivity index (χ0n) is 24.1. The summed E-state index contributed by atoms with van der Waals surface area (Å²) >= 11 is 0. The van der Waals surface area contributed by atoms with Crippen LogP contribution >= 0.6 is 0 Å². The fourth-order valence-corrected chi connectivity index (χ4v) is 8.30. The number of esters is 2. The molecule has 4 rings (SSSR count). The van der Waals surface area contributed by atoms with Crippen LogP contribution in [0.3, 0.4) is 0 Å². The monoisotopic (exact) mass is 521 g/mol. The molecule has 6 atom stereocenters. The Kier molecular flexibility index (Phi) is 6.95. The number of rotatable bonds is 12. The number of fused-ring (bicyclic) bond motifs is 2. The average Bonchev–Trinajstić information content (AvgIpc) is 3.07. The van der Waals surface area contributed by atoms with Gasteiger partial charge in [-0.3, -0.25) is 4.79 Å². The lowest BCUT2D eigenvalue weighted by Gasteiger charge is -2.57. The van der Waals surface area contributed by atoms with Crippen LogP contribution in [0.4, 0.5) is 0 Å². The molecule has 8 heteroatoms. The van der Waals surface area contributed by atoms with Crippen LogP contribution in [0.5, 0.6) is 0 Å². The molecule has 0 aromatic carbocycles. The van der Waals surface area contributed by atoms with Crippen molar-refractivity contribution in [3.8, 4) is 0 Å². The Hall–Kier alpha value is -1.51. The van der Waals surface area contributed by atoms with Gasteiger partial charge >= 0.3 is 11.9 Å². The lowest BCUT2D eigenvalue weighted by atomic mass is 9.52. The highest BCUT2D eigenvalue weighted by Crippen LogP contribution is 2.81. The smallest absolute Gasteiger partial charge is 0.332 e. The van der Waals surface area contributed by atoms with E-state index >= 15 is 0 Å². The van der Waals surface area contributed by atoms with Crippen molar-refractivity contribution < 1.29 is 33.3 Å². The summed E-state index contributed by atoms with van der Waals surface area (Å²) in [6, 6.07) is 0. The van der Waals surface area contributed by atoms with Crippen LogP contribution in [0.25, 0.3) is 0 Å². The summed E-state index contributed by atoms with van der Waals surface area (Å²) in [6.07, 6.45) is 6.30. The molecule has 0 radical (unpaired) electrons. The van der Waals surface area contributed by atoms with Gasteiger partial charge in [0.25, 0.3) is 0 Å². The summed E-state index contributed by atoms with van der Waals surface area (Å²) in [5, 5.41) is 3.22. The highest BCUT2D eigenvalue weighted by atomic mass is 16.6. The van der Waals surface area contributed by atoms with E-state index in [-0.39, 0.29) is 36.0 Å². The lowest BCUT2D eigenvalue weighted by Crippen LogP contribution is -2.60. The van der Waals surface area contributed by atoms with Crippen molar-refractivity contribution in [1.82, 2.24) is 5.32 Å². The first-order chi connectivity index (χ1) is 17.0. The van der Waals surface area contributed by atoms with Gasteiger partial charge in [-0.2, -0.15) is 0 Å². The van der Waals surface area contributed by atoms with Crippen molar-refractivity contribution >= 4 is 18.2 Å². The van der Waals surface area contributed by atoms with E-state index < -0.39 is 27.9 Å². The van der Waals surface area contributed by atoms with Crippen molar-refractivity contribution in [2.24, 2.45) is 16.7 Å². The van der Waals surface area contributed by atoms with Gasteiger partial charge in [-0.15, -0.1) is 0 Å². The summed E-state index contributed by atoms with van der Waals surface area (Å²) in [7, 11) is 1.80. The van der Waals surface area contributed by atoms with Crippen molar-refractivity contribution in [1.29, 1.82) is 0 Å². The van der Waals surface area contributed by atoms with Crippen molar-refractivity contribution in [2.75, 3.05) is 20.3 Å². The van der Waals surface area contributed by atoms with E-state index in [4.69, 9.17) is 18.9 Å². The van der Waals surface area contributed by atoms with Gasteiger partial charge in [0.05, 0.1) is 11.2 Å². The second-order valence-electron chi connectivity index (χ2n) is 14.4. The number of likely N-dealkylation sites (N-methyl/N-ethyl adjacent to an activating group) is 1. The molecular formula is C29H47NO7. The van der Waals surface area contributed by atoms with E-state index in [2.05, 4.69) is 26.1 Å². The minimum absolute atomic E-state index is 0.00810. The fourth-order valence-electron chi connectivity index (χ4n) is 8.30. The van der Waals surface area contributed by atoms with Crippen LogP contribution in [0.15, 0.2) is 0 Å². The normalized spacial score (nSPS) is 37.5. The van der Waals surface area contributed by atoms with E-state index in [1.54, 1.807) is 7.05 Å². The lowest BCUT2D eigenvalue weighted by molar-refractivity contribution is -0.222. The molecule has 4 aliphatic rings. The summed E-state index contributed by atoms with van der Waals surface area (Å²) in [5.41, 5.74) is -3.45. The molecule has 0 saturated heterocycles. The van der Waals surface area contributed by atoms with Crippen molar-refractivity contribution in [2.45, 2.75) is 128 Å². The number of aldehydes is 1. The Morgan fingerprint density at radius 2 is 1.65 bits per heavy atom. The second kappa shape index (κ2) is 9.02. The van der Waals surface area contributed by atoms with Gasteiger partial charge < -0.3 is 29.1 Å². The quantitative estimate of drug-likeness (QED) is 0.302. The number of carbonyl (C=O) groups excluding carboxylic acids is 3. The molecule has 3 bridgehead atoms. The molecule has 6 unspecified atom stereocenters. The third kappa shape index (κ3) is 4.87. The predicted octanol–water partition coefficient (Wildman–Crippen LogP) is 4.12. The first-order valence-electron chi connectivity index (χ1n) is 13.9. The molecule has 210 valence electrons. The number of hydrogen-bond donors (Lipinski definition) is 1. The molecular weight excluding hydrogens is 474 g/mol. The fraction of sp³-hybridized carbons (Fsp3) is 0.897. The molecule has 0 heterocycles. The van der Waals surface area contributed by atoms with Gasteiger partial charge in [0.15, 0.2) is 0 Å². The van der Waals surface area contributed by atoms with Crippen LogP contribution < -0.4 is 5.32 Å².